The summed E-state index contributed by atoms with van der Waals surface area (Å²) in [5.41, 5.74) is 0. The van der Waals surface area contributed by atoms with Gasteiger partial charge in [0, 0.05) is 0 Å². The van der Waals surface area contributed by atoms with Crippen LogP contribution in [0.5, 0.6) is 0 Å². The van der Waals surface area contributed by atoms with Crippen LogP contribution in [-0.2, 0) is 0 Å². The standard InChI is InChI=1S/CH2O3.4K.NO3.H2NO/c2-1(3)4;;;;;2-1(3)4;1-2/h(H2,2,3,4);;;;;;1H2/q;4*+1;2*-1/p-2. The molecule has 0 radical (unpaired) electrons. The van der Waals surface area contributed by atoms with Crippen LogP contribution in [0.25, 0.3) is 0 Å². The van der Waals surface area contributed by atoms with Crippen LogP contribution in [0.15, 0.2) is 0 Å². The maximum atomic E-state index is 8.33. The van der Waals surface area contributed by atoms with Gasteiger partial charge in [-0.25, -0.2) is 0 Å². The predicted octanol–water partition coefficient (Wildman–Crippen LogP) is -15.2. The first kappa shape index (κ1) is 42.8. The third-order valence-electron chi connectivity index (χ3n) is 0. The maximum absolute atomic E-state index is 8.33. The molecule has 0 spiro atoms. The van der Waals surface area contributed by atoms with E-state index in [9.17, 15) is 0 Å². The normalized spacial score (nSPS) is 3.86. The van der Waals surface area contributed by atoms with Crippen LogP contribution in [-0.4, -0.2) is 11.2 Å². The van der Waals surface area contributed by atoms with Gasteiger partial charge in [0.05, 0.1) is 5.09 Å². The van der Waals surface area contributed by atoms with Crippen molar-refractivity contribution in [3.63, 3.8) is 0 Å². The van der Waals surface area contributed by atoms with Gasteiger partial charge >= 0.3 is 206 Å². The van der Waals surface area contributed by atoms with E-state index in [0.717, 1.165) is 0 Å². The zero-order valence-electron chi connectivity index (χ0n) is 8.38. The molecule has 0 aromatic rings. The Morgan fingerprint density at radius 2 is 0.929 bits per heavy atom. The summed E-state index contributed by atoms with van der Waals surface area (Å²) in [4.78, 5) is 16.6. The summed E-state index contributed by atoms with van der Waals surface area (Å²) in [5, 5.41) is 39.2. The monoisotopic (exact) mass is 310 g/mol. The minimum Gasteiger partial charge on any atom is -0.790 e. The zero-order valence-corrected chi connectivity index (χ0v) is 20.9. The number of nitrogens with zero attached hydrogens (tertiary/aromatic N) is 1. The van der Waals surface area contributed by atoms with E-state index < -0.39 is 11.2 Å². The van der Waals surface area contributed by atoms with E-state index in [-0.39, 0.29) is 206 Å². The first-order valence-corrected chi connectivity index (χ1v) is 1.40. The van der Waals surface area contributed by atoms with Crippen LogP contribution in [0.4, 0.5) is 4.79 Å². The van der Waals surface area contributed by atoms with Crippen LogP contribution in [0.3, 0.4) is 0 Å². The third-order valence-corrected chi connectivity index (χ3v) is 0. The molecular formula is CH2K4N2O7. The second-order valence-electron chi connectivity index (χ2n) is 0.474. The van der Waals surface area contributed by atoms with Crippen molar-refractivity contribution in [2.24, 2.45) is 5.90 Å². The molecule has 0 unspecified atom stereocenters. The van der Waals surface area contributed by atoms with Gasteiger partial charge in [-0.05, 0) is 6.16 Å². The fourth-order valence-corrected chi connectivity index (χ4v) is 0. The molecule has 14 heavy (non-hydrogen) atoms. The fraction of sp³-hybridized carbons (Fsp3) is 0. The molecular weight excluding hydrogens is 308 g/mol. The molecule has 0 heterocycles. The zero-order chi connectivity index (χ0) is 9.15. The SMILES string of the molecule is N[O-].O=C([O-])[O-].O=[N+]([O-])[O-].[K+].[K+].[K+].[K+]. The van der Waals surface area contributed by atoms with Gasteiger partial charge in [0.1, 0.15) is 0 Å². The molecule has 0 aromatic carbocycles. The topological polar surface area (TPSA) is 178 Å². The molecule has 0 bridgehead atoms. The minimum absolute atomic E-state index is 0. The van der Waals surface area contributed by atoms with Gasteiger partial charge < -0.3 is 41.4 Å². The van der Waals surface area contributed by atoms with Gasteiger partial charge in [-0.2, -0.15) is 0 Å². The van der Waals surface area contributed by atoms with Crippen LogP contribution >= 0.6 is 0 Å². The largest absolute Gasteiger partial charge is 1.00 e. The molecule has 0 amide bonds. The molecule has 0 saturated heterocycles. The average molecular weight is 310 g/mol. The Morgan fingerprint density at radius 1 is 0.929 bits per heavy atom. The number of carbonyl (C=O) groups excluding carboxylic acids is 1. The quantitative estimate of drug-likeness (QED) is 0.260. The molecule has 0 saturated carbocycles. The Balaban J connectivity index is -0.00000000957. The van der Waals surface area contributed by atoms with Crippen molar-refractivity contribution in [2.45, 2.75) is 0 Å². The van der Waals surface area contributed by atoms with Crippen LogP contribution in [0, 0.1) is 20.5 Å². The summed E-state index contributed by atoms with van der Waals surface area (Å²) >= 11 is 0. The van der Waals surface area contributed by atoms with Gasteiger partial charge in [-0.3, -0.25) is 0 Å². The van der Waals surface area contributed by atoms with E-state index >= 15 is 0 Å². The molecule has 13 heteroatoms. The van der Waals surface area contributed by atoms with Crippen molar-refractivity contribution in [3.8, 4) is 0 Å². The molecule has 0 aliphatic carbocycles. The first-order chi connectivity index (χ1) is 4.46. The fourth-order valence-electron chi connectivity index (χ4n) is 0. The molecule has 0 fully saturated rings. The predicted molar refractivity (Wildman–Crippen MR) is 23.3 cm³/mol. The summed E-state index contributed by atoms with van der Waals surface area (Å²) in [6.45, 7) is 0. The molecule has 0 aromatic heterocycles. The summed E-state index contributed by atoms with van der Waals surface area (Å²) < 4.78 is 0. The second kappa shape index (κ2) is 43.0. The third kappa shape index (κ3) is 177. The van der Waals surface area contributed by atoms with Gasteiger partial charge in [0.25, 0.3) is 0 Å². The molecule has 0 rings (SSSR count). The Morgan fingerprint density at radius 3 is 0.929 bits per heavy atom. The number of nitrogens with two attached hydrogens (primary N) is 1. The molecule has 0 aliphatic heterocycles. The van der Waals surface area contributed by atoms with Crippen LogP contribution < -0.4 is 222 Å². The van der Waals surface area contributed by atoms with Gasteiger partial charge in [-0.1, -0.05) is 0 Å². The van der Waals surface area contributed by atoms with E-state index in [2.05, 4.69) is 5.90 Å². The number of carbonyl (C=O) groups is 1. The summed E-state index contributed by atoms with van der Waals surface area (Å²) in [5.74, 6) is 3.25. The number of rotatable bonds is 0. The molecule has 2 N–H and O–H groups in total. The maximum Gasteiger partial charge on any atom is 1.00 e. The van der Waals surface area contributed by atoms with Crippen LogP contribution in [0.2, 0.25) is 0 Å². The Kier molecular flexibility index (Phi) is 131. The van der Waals surface area contributed by atoms with Crippen molar-refractivity contribution < 1.29 is 226 Å². The van der Waals surface area contributed by atoms with Crippen molar-refractivity contribution in [1.29, 1.82) is 0 Å². The summed E-state index contributed by atoms with van der Waals surface area (Å²) in [6.07, 6.45) is -2.33. The Hall–Kier alpha value is 4.94. The second-order valence-corrected chi connectivity index (χ2v) is 0.474. The van der Waals surface area contributed by atoms with Gasteiger partial charge in [0.15, 0.2) is 0 Å². The van der Waals surface area contributed by atoms with E-state index in [4.69, 9.17) is 35.5 Å². The van der Waals surface area contributed by atoms with Crippen molar-refractivity contribution in [2.75, 3.05) is 0 Å². The average Bonchev–Trinajstić information content (AvgIpc) is 1.66. The molecule has 0 atom stereocenters. The van der Waals surface area contributed by atoms with Crippen LogP contribution in [0.1, 0.15) is 0 Å². The van der Waals surface area contributed by atoms with Gasteiger partial charge in [-0.15, -0.1) is 0 Å². The number of hydrogen-bond donors (Lipinski definition) is 1. The van der Waals surface area contributed by atoms with E-state index in [1.54, 1.807) is 0 Å². The van der Waals surface area contributed by atoms with Gasteiger partial charge in [0.2, 0.25) is 0 Å². The molecule has 9 nitrogen and oxygen atoms in total. The molecule has 62 valence electrons. The molecule has 0 aliphatic rings. The Bertz CT molecular complexity index is 81.7. The first-order valence-electron chi connectivity index (χ1n) is 1.40. The summed E-state index contributed by atoms with van der Waals surface area (Å²) in [7, 11) is 0. The number of carboxylic acid groups (broad SMARTS) is 2. The Labute approximate surface area is 250 Å². The van der Waals surface area contributed by atoms with Crippen molar-refractivity contribution >= 4 is 6.16 Å². The summed E-state index contributed by atoms with van der Waals surface area (Å²) in [6, 6.07) is 0. The number of hydrogen-bond acceptors (Lipinski definition) is 8. The van der Waals surface area contributed by atoms with Crippen molar-refractivity contribution in [3.05, 3.63) is 20.5 Å². The van der Waals surface area contributed by atoms with E-state index in [1.165, 1.54) is 0 Å². The minimum atomic E-state index is -2.33. The van der Waals surface area contributed by atoms with E-state index in [1.807, 2.05) is 0 Å². The smallest absolute Gasteiger partial charge is 0.790 e. The van der Waals surface area contributed by atoms with Crippen molar-refractivity contribution in [1.82, 2.24) is 0 Å². The van der Waals surface area contributed by atoms with E-state index in [0.29, 0.717) is 0 Å².